The second-order valence-corrected chi connectivity index (χ2v) is 14.1. The van der Waals surface area contributed by atoms with E-state index in [1.807, 2.05) is 13.8 Å². The second-order valence-electron chi connectivity index (χ2n) is 14.1. The van der Waals surface area contributed by atoms with Crippen molar-refractivity contribution >= 4 is 11.9 Å². The van der Waals surface area contributed by atoms with Crippen molar-refractivity contribution in [2.75, 3.05) is 0 Å². The molecule has 6 heteroatoms. The van der Waals surface area contributed by atoms with Crippen molar-refractivity contribution < 1.29 is 29.6 Å². The first-order valence-electron chi connectivity index (χ1n) is 14.6. The Balaban J connectivity index is 1.75. The van der Waals surface area contributed by atoms with E-state index < -0.39 is 24.1 Å². The Hall–Kier alpha value is -1.40. The van der Waals surface area contributed by atoms with Gasteiger partial charge in [0, 0.05) is 12.8 Å². The lowest BCUT2D eigenvalue weighted by atomic mass is 9.36. The highest BCUT2D eigenvalue weighted by Crippen LogP contribution is 2.74. The molecule has 0 saturated heterocycles. The summed E-state index contributed by atoms with van der Waals surface area (Å²) in [5, 5.41) is 33.0. The van der Waals surface area contributed by atoms with Gasteiger partial charge in [-0.25, -0.2) is 0 Å². The zero-order valence-electron chi connectivity index (χ0n) is 24.0. The maximum absolute atomic E-state index is 12.7. The lowest BCUT2D eigenvalue weighted by Gasteiger charge is -2.69. The predicted octanol–water partition coefficient (Wildman–Crippen LogP) is 5.60. The molecule has 0 amide bonds. The number of hydrogen-bond acceptors (Lipinski definition) is 5. The van der Waals surface area contributed by atoms with Crippen molar-refractivity contribution in [1.82, 2.24) is 0 Å². The van der Waals surface area contributed by atoms with Crippen LogP contribution in [0.3, 0.4) is 0 Å². The summed E-state index contributed by atoms with van der Waals surface area (Å²) < 4.78 is 5.93. The lowest BCUT2D eigenvalue weighted by Crippen LogP contribution is -2.66. The predicted molar refractivity (Wildman–Crippen MR) is 143 cm³/mol. The first-order chi connectivity index (χ1) is 17.2. The van der Waals surface area contributed by atoms with E-state index in [2.05, 4.69) is 33.8 Å². The number of carboxylic acid groups (broad SMARTS) is 1. The Bertz CT molecular complexity index is 925. The second kappa shape index (κ2) is 9.97. The van der Waals surface area contributed by atoms with Crippen LogP contribution in [-0.4, -0.2) is 45.6 Å². The van der Waals surface area contributed by atoms with Crippen LogP contribution in [-0.2, 0) is 14.3 Å². The number of aliphatic carboxylic acids is 1. The summed E-state index contributed by atoms with van der Waals surface area (Å²) in [5.74, 6) is -1.54. The molecular weight excluding hydrogens is 468 g/mol. The van der Waals surface area contributed by atoms with E-state index in [9.17, 15) is 24.9 Å². The Kier molecular flexibility index (Phi) is 7.71. The molecule has 4 fully saturated rings. The quantitative estimate of drug-likeness (QED) is 0.312. The molecule has 0 aromatic heterocycles. The zero-order valence-corrected chi connectivity index (χ0v) is 24.0. The van der Waals surface area contributed by atoms with Crippen LogP contribution in [0.2, 0.25) is 0 Å². The number of esters is 1. The Labute approximate surface area is 223 Å². The van der Waals surface area contributed by atoms with E-state index in [-0.39, 0.29) is 52.0 Å². The third-order valence-corrected chi connectivity index (χ3v) is 12.1. The number of fused-ring (bicyclic) bond motifs is 5. The number of hydrogen-bond donors (Lipinski definition) is 3. The summed E-state index contributed by atoms with van der Waals surface area (Å²) in [6.07, 6.45) is 6.77. The highest BCUT2D eigenvalue weighted by Gasteiger charge is 2.72. The molecule has 4 saturated carbocycles. The molecule has 0 aliphatic heterocycles. The summed E-state index contributed by atoms with van der Waals surface area (Å²) >= 11 is 0. The van der Waals surface area contributed by atoms with Crippen molar-refractivity contribution in [3.63, 3.8) is 0 Å². The number of rotatable bonds is 6. The van der Waals surface area contributed by atoms with Crippen molar-refractivity contribution in [3.05, 3.63) is 11.6 Å². The average Bonchev–Trinajstić information content (AvgIpc) is 3.05. The molecule has 0 bridgehead atoms. The fourth-order valence-electron chi connectivity index (χ4n) is 10.4. The summed E-state index contributed by atoms with van der Waals surface area (Å²) in [4.78, 5) is 24.9. The molecular formula is C31H50O6. The van der Waals surface area contributed by atoms with E-state index >= 15 is 0 Å². The fraction of sp³-hybridized carbons (Fsp3) is 0.871. The molecule has 0 radical (unpaired) electrons. The molecule has 12 atom stereocenters. The zero-order chi connectivity index (χ0) is 27.5. The normalized spacial score (nSPS) is 47.7. The summed E-state index contributed by atoms with van der Waals surface area (Å²) in [6, 6.07) is 0. The smallest absolute Gasteiger partial charge is 0.306 e. The monoisotopic (exact) mass is 518 g/mol. The maximum atomic E-state index is 12.7. The van der Waals surface area contributed by atoms with Gasteiger partial charge in [0.1, 0.15) is 6.10 Å². The van der Waals surface area contributed by atoms with E-state index in [1.165, 1.54) is 6.92 Å². The molecule has 37 heavy (non-hydrogen) atoms. The van der Waals surface area contributed by atoms with Crippen molar-refractivity contribution in [2.24, 2.45) is 51.8 Å². The standard InChI is InChI=1S/C31H50O6/c1-17(2)9-8-10-20(28(35)36)26-22-15-24(34)27-29(5)13-12-23(33)18(3)21(29)11-14-30(27,6)31(22,7)16-25(26)37-19(4)32/h9,18,20-27,33-34H,8,10-16H2,1-7H3,(H,35,36)/t18?,20-,21?,22?,23?,24?,25-,26?,27-,29-,30+,31-/m0/s1. The van der Waals surface area contributed by atoms with Gasteiger partial charge >= 0.3 is 11.9 Å². The van der Waals surface area contributed by atoms with E-state index in [1.54, 1.807) is 0 Å². The van der Waals surface area contributed by atoms with Gasteiger partial charge in [-0.3, -0.25) is 9.59 Å². The van der Waals surface area contributed by atoms with Crippen LogP contribution in [0.1, 0.15) is 99.8 Å². The van der Waals surface area contributed by atoms with E-state index in [0.29, 0.717) is 31.6 Å². The molecule has 3 N–H and O–H groups in total. The molecule has 210 valence electrons. The van der Waals surface area contributed by atoms with Crippen LogP contribution in [0.4, 0.5) is 0 Å². The van der Waals surface area contributed by atoms with E-state index in [0.717, 1.165) is 31.3 Å². The summed E-state index contributed by atoms with van der Waals surface area (Å²) in [6.45, 7) is 14.6. The minimum Gasteiger partial charge on any atom is -0.481 e. The van der Waals surface area contributed by atoms with Crippen LogP contribution >= 0.6 is 0 Å². The largest absolute Gasteiger partial charge is 0.481 e. The lowest BCUT2D eigenvalue weighted by molar-refractivity contribution is -0.240. The fourth-order valence-corrected chi connectivity index (χ4v) is 10.4. The third kappa shape index (κ3) is 4.48. The molecule has 6 unspecified atom stereocenters. The van der Waals surface area contributed by atoms with Gasteiger partial charge in [0.2, 0.25) is 0 Å². The van der Waals surface area contributed by atoms with Gasteiger partial charge in [-0.15, -0.1) is 0 Å². The van der Waals surface area contributed by atoms with Crippen LogP contribution in [0.15, 0.2) is 11.6 Å². The molecule has 4 rings (SSSR count). The SMILES string of the molecule is CC(=O)O[C@H]1C[C@@]2(C)C(CC(O)[C@H]3[C@@]4(C)CCC(O)C(C)C4CC[C@]32C)C1[C@H](CCC=C(C)C)C(=O)O. The van der Waals surface area contributed by atoms with Gasteiger partial charge in [-0.2, -0.15) is 0 Å². The van der Waals surface area contributed by atoms with Gasteiger partial charge in [0.25, 0.3) is 0 Å². The number of aliphatic hydroxyl groups excluding tert-OH is 2. The molecule has 0 aromatic rings. The Morgan fingerprint density at radius 2 is 1.68 bits per heavy atom. The van der Waals surface area contributed by atoms with Crippen molar-refractivity contribution in [3.8, 4) is 0 Å². The average molecular weight is 519 g/mol. The first-order valence-corrected chi connectivity index (χ1v) is 14.6. The van der Waals surface area contributed by atoms with Gasteiger partial charge in [0.05, 0.1) is 18.1 Å². The van der Waals surface area contributed by atoms with Gasteiger partial charge in [0.15, 0.2) is 0 Å². The summed E-state index contributed by atoms with van der Waals surface area (Å²) in [5.41, 5.74) is 0.624. The highest BCUT2D eigenvalue weighted by atomic mass is 16.5. The van der Waals surface area contributed by atoms with Crippen LogP contribution in [0.25, 0.3) is 0 Å². The van der Waals surface area contributed by atoms with Crippen molar-refractivity contribution in [2.45, 2.75) is 118 Å². The Morgan fingerprint density at radius 3 is 2.27 bits per heavy atom. The van der Waals surface area contributed by atoms with Crippen molar-refractivity contribution in [1.29, 1.82) is 0 Å². The topological polar surface area (TPSA) is 104 Å². The van der Waals surface area contributed by atoms with Gasteiger partial charge in [-0.05, 0) is 105 Å². The third-order valence-electron chi connectivity index (χ3n) is 12.1. The summed E-state index contributed by atoms with van der Waals surface area (Å²) in [7, 11) is 0. The minimum atomic E-state index is -0.832. The number of allylic oxidation sites excluding steroid dienone is 2. The first kappa shape index (κ1) is 28.6. The molecule has 4 aliphatic rings. The van der Waals surface area contributed by atoms with Crippen LogP contribution in [0, 0.1) is 51.8 Å². The molecule has 0 aromatic carbocycles. The number of carboxylic acids is 1. The van der Waals surface area contributed by atoms with Gasteiger partial charge < -0.3 is 20.1 Å². The molecule has 6 nitrogen and oxygen atoms in total. The number of carbonyl (C=O) groups is 2. The van der Waals surface area contributed by atoms with Crippen LogP contribution in [0.5, 0.6) is 0 Å². The molecule has 0 spiro atoms. The number of ether oxygens (including phenoxy) is 1. The highest BCUT2D eigenvalue weighted by molar-refractivity contribution is 5.71. The van der Waals surface area contributed by atoms with Gasteiger partial charge in [-0.1, -0.05) is 39.3 Å². The molecule has 0 heterocycles. The number of aliphatic hydroxyl groups is 2. The number of carbonyl (C=O) groups excluding carboxylic acids is 1. The van der Waals surface area contributed by atoms with E-state index in [4.69, 9.17) is 4.74 Å². The van der Waals surface area contributed by atoms with Crippen LogP contribution < -0.4 is 0 Å². The maximum Gasteiger partial charge on any atom is 0.306 e. The molecule has 4 aliphatic carbocycles. The minimum absolute atomic E-state index is 0.0346. The Morgan fingerprint density at radius 1 is 1.00 bits per heavy atom.